The van der Waals surface area contributed by atoms with Crippen molar-refractivity contribution in [1.82, 2.24) is 14.5 Å². The molecule has 0 aliphatic carbocycles. The number of fused-ring (bicyclic) bond motifs is 1. The van der Waals surface area contributed by atoms with Crippen molar-refractivity contribution in [2.75, 3.05) is 6.61 Å². The lowest BCUT2D eigenvalue weighted by molar-refractivity contribution is -0.136. The summed E-state index contributed by atoms with van der Waals surface area (Å²) in [6.07, 6.45) is 4.92. The van der Waals surface area contributed by atoms with Gasteiger partial charge in [-0.3, -0.25) is 0 Å². The van der Waals surface area contributed by atoms with Crippen LogP contribution in [0.15, 0.2) is 36.9 Å². The quantitative estimate of drug-likeness (QED) is 0.684. The number of ether oxygens (including phenoxy) is 1. The highest BCUT2D eigenvalue weighted by Gasteiger charge is 2.18. The van der Waals surface area contributed by atoms with Crippen molar-refractivity contribution in [3.8, 4) is 11.6 Å². The van der Waals surface area contributed by atoms with Gasteiger partial charge >= 0.3 is 5.97 Å². The first-order valence-electron chi connectivity index (χ1n) is 6.86. The number of esters is 1. The van der Waals surface area contributed by atoms with Gasteiger partial charge in [-0.2, -0.15) is 0 Å². The highest BCUT2D eigenvalue weighted by Crippen LogP contribution is 2.34. The molecular formula is C15H12Cl2N4O3. The van der Waals surface area contributed by atoms with Crippen molar-refractivity contribution in [1.29, 1.82) is 0 Å². The fourth-order valence-corrected chi connectivity index (χ4v) is 2.47. The van der Waals surface area contributed by atoms with Crippen LogP contribution in [0.25, 0.3) is 16.6 Å². The molecule has 124 valence electrons. The molecule has 0 spiro atoms. The summed E-state index contributed by atoms with van der Waals surface area (Å²) in [4.78, 5) is 20.0. The largest absolute Gasteiger partial charge is 0.406 e. The predicted molar refractivity (Wildman–Crippen MR) is 89.6 cm³/mol. The molecule has 0 unspecified atom stereocenters. The normalized spacial score (nSPS) is 12.3. The fraction of sp³-hybridized carbons (Fsp3) is 0.133. The molecule has 0 amide bonds. The number of nitrogens with two attached hydrogens (primary N) is 1. The molecule has 24 heavy (non-hydrogen) atoms. The van der Waals surface area contributed by atoms with Crippen LogP contribution in [-0.4, -0.2) is 38.3 Å². The van der Waals surface area contributed by atoms with E-state index in [-0.39, 0.29) is 10.9 Å². The third-order valence-electron chi connectivity index (χ3n) is 3.31. The van der Waals surface area contributed by atoms with Crippen LogP contribution in [0.2, 0.25) is 10.0 Å². The van der Waals surface area contributed by atoms with Crippen LogP contribution in [0, 0.1) is 0 Å². The molecule has 0 saturated carbocycles. The summed E-state index contributed by atoms with van der Waals surface area (Å²) in [5, 5.41) is 10.2. The van der Waals surface area contributed by atoms with E-state index < -0.39 is 18.6 Å². The maximum Gasteiger partial charge on any atom is 0.332 e. The number of nitrogens with zero attached hydrogens (tertiary/aromatic N) is 3. The standard InChI is InChI=1S/C15H12Cl2N4O3/c16-9-2-1-8-11(21-4-3-19-7-21)5-12(20-14(8)13(9)17)24-15(23)10(18)6-22/h1-5,7,10,22H,6,18H2/t10-/m0/s1. The van der Waals surface area contributed by atoms with Gasteiger partial charge < -0.3 is 20.1 Å². The first-order valence-corrected chi connectivity index (χ1v) is 7.62. The zero-order valence-electron chi connectivity index (χ0n) is 12.2. The lowest BCUT2D eigenvalue weighted by atomic mass is 10.2. The average molecular weight is 367 g/mol. The van der Waals surface area contributed by atoms with Gasteiger partial charge in [-0.15, -0.1) is 0 Å². The number of carbonyl (C=O) groups is 1. The number of carbonyl (C=O) groups excluding carboxylic acids is 1. The molecule has 0 radical (unpaired) electrons. The van der Waals surface area contributed by atoms with Crippen LogP contribution in [0.5, 0.6) is 5.88 Å². The van der Waals surface area contributed by atoms with Gasteiger partial charge in [0.25, 0.3) is 0 Å². The van der Waals surface area contributed by atoms with Gasteiger partial charge in [-0.25, -0.2) is 14.8 Å². The summed E-state index contributed by atoms with van der Waals surface area (Å²) in [6.45, 7) is -0.534. The Morgan fingerprint density at radius 1 is 1.42 bits per heavy atom. The Bertz CT molecular complexity index is 899. The fourth-order valence-electron chi connectivity index (χ4n) is 2.11. The van der Waals surface area contributed by atoms with E-state index in [1.54, 1.807) is 41.5 Å². The molecule has 0 aliphatic heterocycles. The van der Waals surface area contributed by atoms with Crippen LogP contribution in [-0.2, 0) is 4.79 Å². The van der Waals surface area contributed by atoms with Crippen LogP contribution >= 0.6 is 23.2 Å². The summed E-state index contributed by atoms with van der Waals surface area (Å²) in [6, 6.07) is 3.81. The number of hydrogen-bond acceptors (Lipinski definition) is 6. The Balaban J connectivity index is 2.17. The van der Waals surface area contributed by atoms with E-state index in [0.717, 1.165) is 0 Å². The van der Waals surface area contributed by atoms with Crippen molar-refractivity contribution in [3.63, 3.8) is 0 Å². The van der Waals surface area contributed by atoms with Crippen molar-refractivity contribution in [3.05, 3.63) is 47.0 Å². The summed E-state index contributed by atoms with van der Waals surface area (Å²) in [5.74, 6) is -0.816. The minimum absolute atomic E-state index is 0.00994. The van der Waals surface area contributed by atoms with Crippen molar-refractivity contribution >= 4 is 40.1 Å². The lowest BCUT2D eigenvalue weighted by Crippen LogP contribution is -2.37. The van der Waals surface area contributed by atoms with E-state index in [2.05, 4.69) is 9.97 Å². The molecule has 0 aliphatic rings. The number of imidazole rings is 1. The molecule has 3 N–H and O–H groups in total. The maximum atomic E-state index is 11.8. The minimum atomic E-state index is -1.16. The van der Waals surface area contributed by atoms with E-state index in [0.29, 0.717) is 21.6 Å². The highest BCUT2D eigenvalue weighted by molar-refractivity contribution is 6.45. The third-order valence-corrected chi connectivity index (χ3v) is 4.11. The molecule has 2 heterocycles. The van der Waals surface area contributed by atoms with E-state index in [4.69, 9.17) is 38.8 Å². The molecule has 0 bridgehead atoms. The molecular weight excluding hydrogens is 355 g/mol. The second-order valence-corrected chi connectivity index (χ2v) is 5.70. The Morgan fingerprint density at radius 2 is 2.21 bits per heavy atom. The number of benzene rings is 1. The zero-order chi connectivity index (χ0) is 17.3. The van der Waals surface area contributed by atoms with Crippen LogP contribution in [0.1, 0.15) is 0 Å². The van der Waals surface area contributed by atoms with Crippen molar-refractivity contribution in [2.24, 2.45) is 5.73 Å². The first kappa shape index (κ1) is 16.7. The monoisotopic (exact) mass is 366 g/mol. The molecule has 0 saturated heterocycles. The smallest absolute Gasteiger partial charge is 0.332 e. The summed E-state index contributed by atoms with van der Waals surface area (Å²) < 4.78 is 6.86. The zero-order valence-corrected chi connectivity index (χ0v) is 13.7. The van der Waals surface area contributed by atoms with Crippen LogP contribution in [0.4, 0.5) is 0 Å². The van der Waals surface area contributed by atoms with Crippen LogP contribution < -0.4 is 10.5 Å². The summed E-state index contributed by atoms with van der Waals surface area (Å²) >= 11 is 12.3. The lowest BCUT2D eigenvalue weighted by Gasteiger charge is -2.13. The Kier molecular flexibility index (Phi) is 4.68. The number of aliphatic hydroxyl groups excluding tert-OH is 1. The van der Waals surface area contributed by atoms with Gasteiger partial charge in [0.05, 0.1) is 34.2 Å². The SMILES string of the molecule is N[C@@H](CO)C(=O)Oc1cc(-n2ccnc2)c2ccc(Cl)c(Cl)c2n1. The number of pyridine rings is 1. The van der Waals surface area contributed by atoms with Crippen molar-refractivity contribution in [2.45, 2.75) is 6.04 Å². The van der Waals surface area contributed by atoms with Gasteiger partial charge in [-0.05, 0) is 12.1 Å². The number of rotatable bonds is 4. The molecule has 9 heteroatoms. The van der Waals surface area contributed by atoms with E-state index >= 15 is 0 Å². The molecule has 3 aromatic rings. The Morgan fingerprint density at radius 3 is 2.88 bits per heavy atom. The highest BCUT2D eigenvalue weighted by atomic mass is 35.5. The third kappa shape index (κ3) is 3.07. The number of halogens is 2. The number of aromatic nitrogens is 3. The second kappa shape index (κ2) is 6.74. The number of aliphatic hydroxyl groups is 1. The van der Waals surface area contributed by atoms with Gasteiger partial charge in [0.15, 0.2) is 0 Å². The van der Waals surface area contributed by atoms with Crippen molar-refractivity contribution < 1.29 is 14.6 Å². The van der Waals surface area contributed by atoms with Gasteiger partial charge in [0, 0.05) is 23.8 Å². The molecule has 3 rings (SSSR count). The summed E-state index contributed by atoms with van der Waals surface area (Å²) in [7, 11) is 0. The second-order valence-electron chi connectivity index (χ2n) is 4.92. The Labute approximate surface area is 146 Å². The van der Waals surface area contributed by atoms with Crippen LogP contribution in [0.3, 0.4) is 0 Å². The first-order chi connectivity index (χ1) is 11.5. The predicted octanol–water partition coefficient (Wildman–Crippen LogP) is 1.95. The van der Waals surface area contributed by atoms with Gasteiger partial charge in [0.1, 0.15) is 6.04 Å². The number of hydrogen-bond donors (Lipinski definition) is 2. The molecule has 7 nitrogen and oxygen atoms in total. The molecule has 1 atom stereocenters. The van der Waals surface area contributed by atoms with E-state index in [1.807, 2.05) is 0 Å². The van der Waals surface area contributed by atoms with E-state index in [1.165, 1.54) is 0 Å². The maximum absolute atomic E-state index is 11.8. The molecule has 0 fully saturated rings. The van der Waals surface area contributed by atoms with Gasteiger partial charge in [-0.1, -0.05) is 23.2 Å². The topological polar surface area (TPSA) is 103 Å². The molecule has 1 aromatic carbocycles. The minimum Gasteiger partial charge on any atom is -0.406 e. The average Bonchev–Trinajstić information content (AvgIpc) is 3.11. The Hall–Kier alpha value is -2.19. The molecule has 2 aromatic heterocycles. The van der Waals surface area contributed by atoms with E-state index in [9.17, 15) is 4.79 Å². The van der Waals surface area contributed by atoms with Gasteiger partial charge in [0.2, 0.25) is 5.88 Å². The summed E-state index contributed by atoms with van der Waals surface area (Å²) in [5.41, 5.74) is 6.47.